The predicted molar refractivity (Wildman–Crippen MR) is 147 cm³/mol. The summed E-state index contributed by atoms with van der Waals surface area (Å²) in [5, 5.41) is 3.77. The van der Waals surface area contributed by atoms with E-state index in [0.29, 0.717) is 23.6 Å². The third-order valence-electron chi connectivity index (χ3n) is 7.42. The number of carbonyl (C=O) groups is 1. The normalized spacial score (nSPS) is 17.8. The van der Waals surface area contributed by atoms with Gasteiger partial charge in [0.15, 0.2) is 11.6 Å². The van der Waals surface area contributed by atoms with Crippen LogP contribution in [0.25, 0.3) is 10.9 Å². The topological polar surface area (TPSA) is 55.6 Å². The van der Waals surface area contributed by atoms with E-state index in [1.54, 1.807) is 0 Å². The van der Waals surface area contributed by atoms with E-state index in [9.17, 15) is 13.6 Å². The monoisotopic (exact) mass is 519 g/mol. The number of hydrogen-bond donors (Lipinski definition) is 1. The molecule has 1 amide bonds. The van der Waals surface area contributed by atoms with E-state index in [4.69, 9.17) is 4.74 Å². The summed E-state index contributed by atoms with van der Waals surface area (Å²) in [6.07, 6.45) is 9.81. The lowest BCUT2D eigenvalue weighted by Crippen LogP contribution is -2.24. The molecule has 3 aromatic rings. The number of benzene rings is 2. The molecule has 1 fully saturated rings. The zero-order chi connectivity index (χ0) is 26.8. The van der Waals surface area contributed by atoms with Gasteiger partial charge in [0, 0.05) is 29.9 Å². The highest BCUT2D eigenvalue weighted by atomic mass is 19.2. The van der Waals surface area contributed by atoms with Gasteiger partial charge < -0.3 is 14.6 Å². The van der Waals surface area contributed by atoms with Gasteiger partial charge in [-0.15, -0.1) is 0 Å². The Labute approximate surface area is 222 Å². The minimum absolute atomic E-state index is 0.0520. The maximum absolute atomic E-state index is 13.7. The SMILES string of the molecule is CC1C=C(Cn2c(C(C)C)c(C(=O)NCc3ccc(F)c(F)c3)c3ccc(OC4CCCC4)cc32)N=CC1. The fourth-order valence-electron chi connectivity index (χ4n) is 5.58. The first-order valence-corrected chi connectivity index (χ1v) is 13.6. The number of hydrogen-bond acceptors (Lipinski definition) is 3. The Bertz CT molecular complexity index is 1400. The van der Waals surface area contributed by atoms with Crippen molar-refractivity contribution in [2.24, 2.45) is 10.9 Å². The average molecular weight is 520 g/mol. The number of nitrogens with one attached hydrogen (secondary N) is 1. The number of fused-ring (bicyclic) bond motifs is 1. The van der Waals surface area contributed by atoms with Crippen molar-refractivity contribution < 1.29 is 18.3 Å². The quantitative estimate of drug-likeness (QED) is 0.340. The second kappa shape index (κ2) is 11.1. The van der Waals surface area contributed by atoms with Crippen molar-refractivity contribution in [2.75, 3.05) is 0 Å². The molecule has 1 unspecified atom stereocenters. The Morgan fingerprint density at radius 2 is 1.92 bits per heavy atom. The lowest BCUT2D eigenvalue weighted by Gasteiger charge is -2.18. The van der Waals surface area contributed by atoms with Gasteiger partial charge >= 0.3 is 0 Å². The maximum Gasteiger partial charge on any atom is 0.254 e. The third kappa shape index (κ3) is 5.52. The molecule has 1 aliphatic carbocycles. The van der Waals surface area contributed by atoms with Crippen LogP contribution in [-0.4, -0.2) is 22.8 Å². The number of ether oxygens (including phenoxy) is 1. The summed E-state index contributed by atoms with van der Waals surface area (Å²) >= 11 is 0. The first kappa shape index (κ1) is 26.1. The van der Waals surface area contributed by atoms with Crippen LogP contribution in [0, 0.1) is 17.6 Å². The van der Waals surface area contributed by atoms with Crippen molar-refractivity contribution >= 4 is 23.0 Å². The summed E-state index contributed by atoms with van der Waals surface area (Å²) in [5.74, 6) is -0.817. The number of halogens is 2. The highest BCUT2D eigenvalue weighted by Crippen LogP contribution is 2.36. The van der Waals surface area contributed by atoms with Crippen LogP contribution < -0.4 is 10.1 Å². The largest absolute Gasteiger partial charge is 0.490 e. The second-order valence-electron chi connectivity index (χ2n) is 10.8. The lowest BCUT2D eigenvalue weighted by atomic mass is 10.0. The molecule has 0 saturated heterocycles. The van der Waals surface area contributed by atoms with Crippen molar-refractivity contribution in [1.29, 1.82) is 0 Å². The summed E-state index contributed by atoms with van der Waals surface area (Å²) < 4.78 is 35.6. The molecule has 200 valence electrons. The smallest absolute Gasteiger partial charge is 0.254 e. The molecule has 7 heteroatoms. The standard InChI is InChI=1S/C31H35F2N3O2/c1-19(2)30-29(31(37)35-17-21-8-11-26(32)27(33)15-21)25-10-9-24(38-23-6-4-5-7-23)16-28(25)36(30)18-22-14-20(3)12-13-34-22/h8-11,13-16,19-20,23H,4-7,12,17-18H2,1-3H3,(H,35,37). The third-order valence-corrected chi connectivity index (χ3v) is 7.42. The van der Waals surface area contributed by atoms with E-state index >= 15 is 0 Å². The van der Waals surface area contributed by atoms with Crippen LogP contribution >= 0.6 is 0 Å². The Kier molecular flexibility index (Phi) is 7.63. The highest BCUT2D eigenvalue weighted by Gasteiger charge is 2.26. The fraction of sp³-hybridized carbons (Fsp3) is 0.419. The van der Waals surface area contributed by atoms with Crippen LogP contribution in [0.3, 0.4) is 0 Å². The Morgan fingerprint density at radius 1 is 1.13 bits per heavy atom. The number of rotatable bonds is 8. The van der Waals surface area contributed by atoms with Gasteiger partial charge in [0.25, 0.3) is 5.91 Å². The second-order valence-corrected chi connectivity index (χ2v) is 10.8. The van der Waals surface area contributed by atoms with Crippen LogP contribution in [0.2, 0.25) is 0 Å². The summed E-state index contributed by atoms with van der Waals surface area (Å²) in [6.45, 7) is 6.97. The van der Waals surface area contributed by atoms with Gasteiger partial charge in [-0.1, -0.05) is 32.9 Å². The zero-order valence-electron chi connectivity index (χ0n) is 22.3. The zero-order valence-corrected chi connectivity index (χ0v) is 22.3. The van der Waals surface area contributed by atoms with E-state index < -0.39 is 11.6 Å². The van der Waals surface area contributed by atoms with Gasteiger partial charge in [0.2, 0.25) is 0 Å². The minimum atomic E-state index is -0.929. The number of amides is 1. The molecule has 0 bridgehead atoms. The van der Waals surface area contributed by atoms with Crippen molar-refractivity contribution in [3.8, 4) is 5.75 Å². The molecule has 1 aromatic heterocycles. The molecule has 38 heavy (non-hydrogen) atoms. The van der Waals surface area contributed by atoms with Gasteiger partial charge in [-0.2, -0.15) is 0 Å². The molecule has 2 aliphatic rings. The number of carbonyl (C=O) groups excluding carboxylic acids is 1. The fourth-order valence-corrected chi connectivity index (χ4v) is 5.58. The van der Waals surface area contributed by atoms with E-state index in [2.05, 4.69) is 41.7 Å². The van der Waals surface area contributed by atoms with E-state index in [0.717, 1.165) is 59.4 Å². The molecule has 1 atom stereocenters. The number of nitrogens with zero attached hydrogens (tertiary/aromatic N) is 2. The Morgan fingerprint density at radius 3 is 2.63 bits per heavy atom. The van der Waals surface area contributed by atoms with Crippen LogP contribution in [0.5, 0.6) is 5.75 Å². The summed E-state index contributed by atoms with van der Waals surface area (Å²) in [5.41, 5.74) is 3.90. The molecule has 1 N–H and O–H groups in total. The molecule has 0 spiro atoms. The molecular formula is C31H35F2N3O2. The molecule has 5 nitrogen and oxygen atoms in total. The highest BCUT2D eigenvalue weighted by molar-refractivity contribution is 6.09. The van der Waals surface area contributed by atoms with Crippen molar-refractivity contribution in [1.82, 2.24) is 9.88 Å². The predicted octanol–water partition coefficient (Wildman–Crippen LogP) is 7.29. The van der Waals surface area contributed by atoms with Gasteiger partial charge in [-0.05, 0) is 73.8 Å². The average Bonchev–Trinajstić information content (AvgIpc) is 3.51. The van der Waals surface area contributed by atoms with Crippen LogP contribution in [-0.2, 0) is 13.1 Å². The first-order chi connectivity index (χ1) is 18.3. The summed E-state index contributed by atoms with van der Waals surface area (Å²) in [6, 6.07) is 9.63. The van der Waals surface area contributed by atoms with Crippen LogP contribution in [0.4, 0.5) is 8.78 Å². The molecule has 5 rings (SSSR count). The molecule has 1 saturated carbocycles. The van der Waals surface area contributed by atoms with Crippen LogP contribution in [0.1, 0.15) is 80.4 Å². The number of allylic oxidation sites excluding steroid dienone is 2. The van der Waals surface area contributed by atoms with Gasteiger partial charge in [-0.3, -0.25) is 9.79 Å². The summed E-state index contributed by atoms with van der Waals surface area (Å²) in [7, 11) is 0. The van der Waals surface area contributed by atoms with Gasteiger partial charge in [0.1, 0.15) is 5.75 Å². The van der Waals surface area contributed by atoms with Gasteiger partial charge in [-0.25, -0.2) is 8.78 Å². The van der Waals surface area contributed by atoms with Crippen LogP contribution in [0.15, 0.2) is 53.2 Å². The Hall–Kier alpha value is -3.48. The van der Waals surface area contributed by atoms with Crippen molar-refractivity contribution in [2.45, 2.75) is 78.0 Å². The summed E-state index contributed by atoms with van der Waals surface area (Å²) in [4.78, 5) is 18.3. The van der Waals surface area contributed by atoms with Crippen molar-refractivity contribution in [3.05, 3.63) is 76.6 Å². The van der Waals surface area contributed by atoms with Gasteiger partial charge in [0.05, 0.1) is 29.4 Å². The molecule has 2 heterocycles. The van der Waals surface area contributed by atoms with Crippen molar-refractivity contribution in [3.63, 3.8) is 0 Å². The Balaban J connectivity index is 1.54. The number of aromatic nitrogens is 1. The minimum Gasteiger partial charge on any atom is -0.490 e. The molecular weight excluding hydrogens is 484 g/mol. The molecule has 2 aromatic carbocycles. The number of aliphatic imine (C=N–C) groups is 1. The lowest BCUT2D eigenvalue weighted by molar-refractivity contribution is 0.0951. The first-order valence-electron chi connectivity index (χ1n) is 13.6. The van der Waals surface area contributed by atoms with E-state index in [1.165, 1.54) is 18.9 Å². The maximum atomic E-state index is 13.7. The molecule has 1 aliphatic heterocycles. The van der Waals surface area contributed by atoms with E-state index in [-0.39, 0.29) is 24.5 Å². The van der Waals surface area contributed by atoms with E-state index in [1.807, 2.05) is 24.4 Å². The molecule has 0 radical (unpaired) electrons.